The van der Waals surface area contributed by atoms with E-state index in [1.54, 1.807) is 18.4 Å². The maximum atomic E-state index is 12.2. The Balaban J connectivity index is 1.50. The molecule has 5 nitrogen and oxygen atoms in total. The number of hydrogen-bond donors (Lipinski definition) is 1. The highest BCUT2D eigenvalue weighted by Crippen LogP contribution is 2.22. The van der Waals surface area contributed by atoms with E-state index >= 15 is 0 Å². The van der Waals surface area contributed by atoms with Crippen LogP contribution in [0.15, 0.2) is 48.5 Å². The lowest BCUT2D eigenvalue weighted by atomic mass is 10.0. The van der Waals surface area contributed by atoms with Gasteiger partial charge in [-0.15, -0.1) is 11.3 Å². The van der Waals surface area contributed by atoms with Crippen LogP contribution < -0.4 is 10.1 Å². The third-order valence-corrected chi connectivity index (χ3v) is 5.07. The summed E-state index contributed by atoms with van der Waals surface area (Å²) in [5.41, 5.74) is 2.01. The number of methoxy groups -OCH3 is 1. The molecule has 0 bridgehead atoms. The Morgan fingerprint density at radius 1 is 1.19 bits per heavy atom. The largest absolute Gasteiger partial charge is 0.497 e. The monoisotopic (exact) mass is 370 g/mol. The van der Waals surface area contributed by atoms with Crippen molar-refractivity contribution in [2.45, 2.75) is 26.0 Å². The van der Waals surface area contributed by atoms with Crippen molar-refractivity contribution < 1.29 is 14.3 Å². The SMILES string of the molecule is CC[C@H](NC(=O)COCc1nc2ccccc2s1)c1ccc(OC)cc1. The Bertz CT molecular complexity index is 828. The van der Waals surface area contributed by atoms with Crippen LogP contribution in [-0.2, 0) is 16.1 Å². The lowest BCUT2D eigenvalue weighted by Crippen LogP contribution is -2.31. The molecule has 136 valence electrons. The number of thiazole rings is 1. The molecule has 0 aliphatic rings. The summed E-state index contributed by atoms with van der Waals surface area (Å²) >= 11 is 1.59. The van der Waals surface area contributed by atoms with Crippen LogP contribution in [0.3, 0.4) is 0 Å². The molecule has 26 heavy (non-hydrogen) atoms. The topological polar surface area (TPSA) is 60.5 Å². The number of amides is 1. The molecule has 1 aromatic heterocycles. The highest BCUT2D eigenvalue weighted by Gasteiger charge is 2.13. The van der Waals surface area contributed by atoms with Crippen molar-refractivity contribution in [3.8, 4) is 5.75 Å². The van der Waals surface area contributed by atoms with Crippen LogP contribution in [0, 0.1) is 0 Å². The molecule has 0 saturated carbocycles. The maximum absolute atomic E-state index is 12.2. The van der Waals surface area contributed by atoms with Crippen LogP contribution in [0.4, 0.5) is 0 Å². The number of hydrogen-bond acceptors (Lipinski definition) is 5. The fourth-order valence-corrected chi connectivity index (χ4v) is 3.61. The smallest absolute Gasteiger partial charge is 0.246 e. The molecule has 1 N–H and O–H groups in total. The number of carbonyl (C=O) groups excluding carboxylic acids is 1. The first-order valence-electron chi connectivity index (χ1n) is 8.55. The van der Waals surface area contributed by atoms with Gasteiger partial charge in [0.15, 0.2) is 0 Å². The van der Waals surface area contributed by atoms with E-state index < -0.39 is 0 Å². The average molecular weight is 370 g/mol. The molecule has 0 fully saturated rings. The molecule has 0 saturated heterocycles. The molecule has 0 radical (unpaired) electrons. The second-order valence-corrected chi connectivity index (χ2v) is 6.98. The molecule has 1 amide bonds. The van der Waals surface area contributed by atoms with Gasteiger partial charge in [0.1, 0.15) is 17.4 Å². The predicted octanol–water partition coefficient (Wildman–Crippen LogP) is 4.09. The van der Waals surface area contributed by atoms with Crippen molar-refractivity contribution in [1.82, 2.24) is 10.3 Å². The number of benzene rings is 2. The zero-order valence-corrected chi connectivity index (χ0v) is 15.7. The van der Waals surface area contributed by atoms with Gasteiger partial charge < -0.3 is 14.8 Å². The molecule has 0 spiro atoms. The Morgan fingerprint density at radius 3 is 2.65 bits per heavy atom. The summed E-state index contributed by atoms with van der Waals surface area (Å²) in [6, 6.07) is 15.6. The van der Waals surface area contributed by atoms with Gasteiger partial charge >= 0.3 is 0 Å². The van der Waals surface area contributed by atoms with Crippen LogP contribution in [0.25, 0.3) is 10.2 Å². The summed E-state index contributed by atoms with van der Waals surface area (Å²) in [7, 11) is 1.64. The molecule has 0 aliphatic heterocycles. The van der Waals surface area contributed by atoms with E-state index in [2.05, 4.69) is 10.3 Å². The minimum absolute atomic E-state index is 0.0164. The highest BCUT2D eigenvalue weighted by atomic mass is 32.1. The minimum atomic E-state index is -0.131. The lowest BCUT2D eigenvalue weighted by molar-refractivity contribution is -0.126. The second kappa shape index (κ2) is 8.78. The van der Waals surface area contributed by atoms with Gasteiger partial charge in [-0.25, -0.2) is 4.98 Å². The zero-order valence-electron chi connectivity index (χ0n) is 14.9. The average Bonchev–Trinajstić information content (AvgIpc) is 3.09. The minimum Gasteiger partial charge on any atom is -0.497 e. The van der Waals surface area contributed by atoms with Gasteiger partial charge in [-0.2, -0.15) is 0 Å². The Kier molecular flexibility index (Phi) is 6.20. The van der Waals surface area contributed by atoms with E-state index in [0.29, 0.717) is 6.61 Å². The van der Waals surface area contributed by atoms with Crippen LogP contribution in [-0.4, -0.2) is 24.6 Å². The standard InChI is InChI=1S/C20H22N2O3S/c1-3-16(14-8-10-15(24-2)11-9-14)21-19(23)12-25-13-20-22-17-6-4-5-7-18(17)26-20/h4-11,16H,3,12-13H2,1-2H3,(H,21,23)/t16-/m0/s1. The van der Waals surface area contributed by atoms with Crippen molar-refractivity contribution in [1.29, 1.82) is 0 Å². The van der Waals surface area contributed by atoms with E-state index in [-0.39, 0.29) is 18.6 Å². The fraction of sp³-hybridized carbons (Fsp3) is 0.300. The molecular formula is C20H22N2O3S. The van der Waals surface area contributed by atoms with E-state index in [0.717, 1.165) is 33.0 Å². The zero-order chi connectivity index (χ0) is 18.4. The van der Waals surface area contributed by atoms with E-state index in [4.69, 9.17) is 9.47 Å². The van der Waals surface area contributed by atoms with Crippen LogP contribution in [0.1, 0.15) is 30.0 Å². The quantitative estimate of drug-likeness (QED) is 0.649. The van der Waals surface area contributed by atoms with Crippen LogP contribution >= 0.6 is 11.3 Å². The fourth-order valence-electron chi connectivity index (χ4n) is 2.71. The van der Waals surface area contributed by atoms with E-state index in [1.165, 1.54) is 0 Å². The van der Waals surface area contributed by atoms with E-state index in [1.807, 2.05) is 55.5 Å². The van der Waals surface area contributed by atoms with Crippen molar-refractivity contribution in [2.24, 2.45) is 0 Å². The molecule has 3 aromatic rings. The molecule has 0 aliphatic carbocycles. The van der Waals surface area contributed by atoms with Gasteiger partial charge in [-0.3, -0.25) is 4.79 Å². The summed E-state index contributed by atoms with van der Waals surface area (Å²) in [6.45, 7) is 2.39. The van der Waals surface area contributed by atoms with Gasteiger partial charge in [-0.1, -0.05) is 31.2 Å². The number of nitrogens with zero attached hydrogens (tertiary/aromatic N) is 1. The third-order valence-electron chi connectivity index (χ3n) is 4.06. The molecule has 1 heterocycles. The van der Waals surface area contributed by atoms with Crippen molar-refractivity contribution in [2.75, 3.05) is 13.7 Å². The van der Waals surface area contributed by atoms with Crippen molar-refractivity contribution in [3.63, 3.8) is 0 Å². The predicted molar refractivity (Wildman–Crippen MR) is 103 cm³/mol. The van der Waals surface area contributed by atoms with Gasteiger partial charge in [0.05, 0.1) is 30.0 Å². The molecular weight excluding hydrogens is 348 g/mol. The summed E-state index contributed by atoms with van der Waals surface area (Å²) in [5.74, 6) is 0.669. The number of fused-ring (bicyclic) bond motifs is 1. The number of nitrogens with one attached hydrogen (secondary N) is 1. The second-order valence-electron chi connectivity index (χ2n) is 5.87. The van der Waals surface area contributed by atoms with Crippen molar-refractivity contribution >= 4 is 27.5 Å². The van der Waals surface area contributed by atoms with Gasteiger partial charge in [-0.05, 0) is 36.2 Å². The molecule has 1 atom stereocenters. The van der Waals surface area contributed by atoms with Crippen LogP contribution in [0.5, 0.6) is 5.75 Å². The first-order valence-corrected chi connectivity index (χ1v) is 9.36. The molecule has 0 unspecified atom stereocenters. The Morgan fingerprint density at radius 2 is 1.96 bits per heavy atom. The summed E-state index contributed by atoms with van der Waals surface area (Å²) in [4.78, 5) is 16.7. The molecule has 6 heteroatoms. The molecule has 3 rings (SSSR count). The van der Waals surface area contributed by atoms with Gasteiger partial charge in [0.2, 0.25) is 5.91 Å². The van der Waals surface area contributed by atoms with Gasteiger partial charge in [0.25, 0.3) is 0 Å². The summed E-state index contributed by atoms with van der Waals surface area (Å²) in [6.07, 6.45) is 0.802. The first-order chi connectivity index (χ1) is 12.7. The summed E-state index contributed by atoms with van der Waals surface area (Å²) < 4.78 is 11.8. The number of aromatic nitrogens is 1. The lowest BCUT2D eigenvalue weighted by Gasteiger charge is -2.17. The number of ether oxygens (including phenoxy) is 2. The number of carbonyl (C=O) groups is 1. The van der Waals surface area contributed by atoms with Gasteiger partial charge in [0, 0.05) is 0 Å². The number of rotatable bonds is 8. The molecule has 2 aromatic carbocycles. The number of para-hydroxylation sites is 1. The Hall–Kier alpha value is -2.44. The Labute approximate surface area is 157 Å². The summed E-state index contributed by atoms with van der Waals surface area (Å²) in [5, 5.41) is 3.89. The third kappa shape index (κ3) is 4.59. The van der Waals surface area contributed by atoms with Crippen LogP contribution in [0.2, 0.25) is 0 Å². The van der Waals surface area contributed by atoms with Crippen molar-refractivity contribution in [3.05, 3.63) is 59.1 Å². The maximum Gasteiger partial charge on any atom is 0.246 e. The van der Waals surface area contributed by atoms with E-state index in [9.17, 15) is 4.79 Å². The normalized spacial score (nSPS) is 12.1. The highest BCUT2D eigenvalue weighted by molar-refractivity contribution is 7.18. The first kappa shape index (κ1) is 18.4.